The van der Waals surface area contributed by atoms with Gasteiger partial charge in [-0.05, 0) is 48.9 Å². The number of nitrogens with zero attached hydrogens (tertiary/aromatic N) is 3. The lowest BCUT2D eigenvalue weighted by Crippen LogP contribution is -2.29. The van der Waals surface area contributed by atoms with Crippen LogP contribution in [0.5, 0.6) is 0 Å². The summed E-state index contributed by atoms with van der Waals surface area (Å²) in [5.74, 6) is -0.316. The van der Waals surface area contributed by atoms with Crippen LogP contribution in [0.25, 0.3) is 11.3 Å². The summed E-state index contributed by atoms with van der Waals surface area (Å²) in [6.07, 6.45) is 3.30. The molecule has 0 fully saturated rings. The first-order valence-electron chi connectivity index (χ1n) is 7.57. The molecule has 0 aliphatic carbocycles. The Labute approximate surface area is 152 Å². The van der Waals surface area contributed by atoms with Gasteiger partial charge in [-0.2, -0.15) is 5.10 Å². The summed E-state index contributed by atoms with van der Waals surface area (Å²) in [4.78, 5) is 28.2. The molecule has 1 N–H and O–H groups in total. The van der Waals surface area contributed by atoms with Crippen LogP contribution >= 0.6 is 15.9 Å². The Balaban J connectivity index is 1.79. The Morgan fingerprint density at radius 1 is 1.16 bits per heavy atom. The summed E-state index contributed by atoms with van der Waals surface area (Å²) in [5.41, 5.74) is 2.78. The Morgan fingerprint density at radius 2 is 1.92 bits per heavy atom. The average molecular weight is 399 g/mol. The van der Waals surface area contributed by atoms with E-state index in [2.05, 4.69) is 31.3 Å². The van der Waals surface area contributed by atoms with Gasteiger partial charge in [-0.25, -0.2) is 4.68 Å². The number of carbonyl (C=O) groups is 1. The van der Waals surface area contributed by atoms with Crippen molar-refractivity contribution in [3.63, 3.8) is 0 Å². The van der Waals surface area contributed by atoms with Gasteiger partial charge in [-0.3, -0.25) is 14.6 Å². The topological polar surface area (TPSA) is 76.9 Å². The fraction of sp³-hybridized carbons (Fsp3) is 0.111. The van der Waals surface area contributed by atoms with Crippen LogP contribution in [-0.4, -0.2) is 20.7 Å². The van der Waals surface area contributed by atoms with Gasteiger partial charge in [0.05, 0.1) is 5.69 Å². The van der Waals surface area contributed by atoms with Crippen LogP contribution in [0.4, 0.5) is 5.69 Å². The van der Waals surface area contributed by atoms with Gasteiger partial charge < -0.3 is 5.32 Å². The molecule has 3 aromatic rings. The van der Waals surface area contributed by atoms with Gasteiger partial charge in [0, 0.05) is 34.2 Å². The minimum atomic E-state index is -0.333. The number of rotatable bonds is 4. The van der Waals surface area contributed by atoms with E-state index in [9.17, 15) is 9.59 Å². The molecule has 7 heteroatoms. The molecule has 0 saturated heterocycles. The maximum Gasteiger partial charge on any atom is 0.267 e. The first-order chi connectivity index (χ1) is 12.0. The van der Waals surface area contributed by atoms with Crippen molar-refractivity contribution < 1.29 is 4.79 Å². The Hall–Kier alpha value is -2.80. The largest absolute Gasteiger partial charge is 0.324 e. The van der Waals surface area contributed by atoms with Crippen LogP contribution in [0.2, 0.25) is 0 Å². The summed E-state index contributed by atoms with van der Waals surface area (Å²) in [5, 5.41) is 7.04. The quantitative estimate of drug-likeness (QED) is 0.732. The van der Waals surface area contributed by atoms with Crippen molar-refractivity contribution >= 4 is 27.5 Å². The third kappa shape index (κ3) is 4.19. The smallest absolute Gasteiger partial charge is 0.267 e. The number of hydrogen-bond acceptors (Lipinski definition) is 4. The molecular formula is C18H15BrN4O2. The Bertz CT molecular complexity index is 970. The lowest BCUT2D eigenvalue weighted by molar-refractivity contribution is -0.117. The second-order valence-corrected chi connectivity index (χ2v) is 6.32. The summed E-state index contributed by atoms with van der Waals surface area (Å²) in [6, 6.07) is 12.1. The summed E-state index contributed by atoms with van der Waals surface area (Å²) >= 11 is 3.42. The summed E-state index contributed by atoms with van der Waals surface area (Å²) < 4.78 is 2.12. The van der Waals surface area contributed by atoms with Gasteiger partial charge in [0.15, 0.2) is 0 Å². The molecule has 25 heavy (non-hydrogen) atoms. The SMILES string of the molecule is Cc1cc(NC(=O)Cn2nc(-c3ccncc3)ccc2=O)ccc1Br. The first kappa shape index (κ1) is 17.0. The maximum atomic E-state index is 12.2. The predicted molar refractivity (Wildman–Crippen MR) is 99.2 cm³/mol. The monoisotopic (exact) mass is 398 g/mol. The minimum absolute atomic E-state index is 0.160. The van der Waals surface area contributed by atoms with Crippen molar-refractivity contribution in [2.75, 3.05) is 5.32 Å². The maximum absolute atomic E-state index is 12.2. The van der Waals surface area contributed by atoms with E-state index < -0.39 is 0 Å². The third-order valence-electron chi connectivity index (χ3n) is 3.58. The van der Waals surface area contributed by atoms with Gasteiger partial charge in [0.1, 0.15) is 6.54 Å². The van der Waals surface area contributed by atoms with Crippen LogP contribution in [0.15, 0.2) is 64.1 Å². The third-order valence-corrected chi connectivity index (χ3v) is 4.47. The standard InChI is InChI=1S/C18H15BrN4O2/c1-12-10-14(2-3-15(12)19)21-17(24)11-23-18(25)5-4-16(22-23)13-6-8-20-9-7-13/h2-10H,11H2,1H3,(H,21,24). The molecule has 1 aromatic carbocycles. The highest BCUT2D eigenvalue weighted by Crippen LogP contribution is 2.20. The molecule has 126 valence electrons. The van der Waals surface area contributed by atoms with Crippen molar-refractivity contribution in [3.8, 4) is 11.3 Å². The summed E-state index contributed by atoms with van der Waals surface area (Å²) in [6.45, 7) is 1.77. The molecular weight excluding hydrogens is 384 g/mol. The highest BCUT2D eigenvalue weighted by atomic mass is 79.9. The van der Waals surface area contributed by atoms with E-state index in [0.29, 0.717) is 11.4 Å². The van der Waals surface area contributed by atoms with Crippen LogP contribution < -0.4 is 10.9 Å². The van der Waals surface area contributed by atoms with E-state index in [1.165, 1.54) is 6.07 Å². The lowest BCUT2D eigenvalue weighted by Gasteiger charge is -2.09. The molecule has 3 rings (SSSR count). The summed E-state index contributed by atoms with van der Waals surface area (Å²) in [7, 11) is 0. The second kappa shape index (κ2) is 7.40. The highest BCUT2D eigenvalue weighted by molar-refractivity contribution is 9.10. The van der Waals surface area contributed by atoms with Crippen molar-refractivity contribution in [2.45, 2.75) is 13.5 Å². The Morgan fingerprint density at radius 3 is 2.64 bits per heavy atom. The first-order valence-corrected chi connectivity index (χ1v) is 8.37. The van der Waals surface area contributed by atoms with Gasteiger partial charge >= 0.3 is 0 Å². The zero-order valence-electron chi connectivity index (χ0n) is 13.4. The number of carbonyl (C=O) groups excluding carboxylic acids is 1. The van der Waals surface area contributed by atoms with Crippen LogP contribution in [-0.2, 0) is 11.3 Å². The number of aryl methyl sites for hydroxylation is 1. The zero-order valence-corrected chi connectivity index (χ0v) is 15.0. The van der Waals surface area contributed by atoms with E-state index >= 15 is 0 Å². The van der Waals surface area contributed by atoms with Crippen LogP contribution in [0.3, 0.4) is 0 Å². The van der Waals surface area contributed by atoms with Crippen molar-refractivity contribution in [1.29, 1.82) is 0 Å². The molecule has 0 radical (unpaired) electrons. The molecule has 0 atom stereocenters. The van der Waals surface area contributed by atoms with E-state index in [1.807, 2.05) is 19.1 Å². The molecule has 0 unspecified atom stereocenters. The van der Waals surface area contributed by atoms with E-state index in [4.69, 9.17) is 0 Å². The number of anilines is 1. The minimum Gasteiger partial charge on any atom is -0.324 e. The normalized spacial score (nSPS) is 10.5. The number of nitrogens with one attached hydrogen (secondary N) is 1. The number of aromatic nitrogens is 3. The number of benzene rings is 1. The van der Waals surface area contributed by atoms with Gasteiger partial charge in [-0.1, -0.05) is 15.9 Å². The molecule has 0 saturated carbocycles. The number of pyridine rings is 1. The van der Waals surface area contributed by atoms with E-state index in [-0.39, 0.29) is 18.0 Å². The highest BCUT2D eigenvalue weighted by Gasteiger charge is 2.09. The fourth-order valence-electron chi connectivity index (χ4n) is 2.30. The molecule has 0 aliphatic rings. The molecule has 0 spiro atoms. The van der Waals surface area contributed by atoms with Crippen molar-refractivity contribution in [1.82, 2.24) is 14.8 Å². The molecule has 2 heterocycles. The Kier molecular flexibility index (Phi) is 5.04. The zero-order chi connectivity index (χ0) is 17.8. The molecule has 0 bridgehead atoms. The van der Waals surface area contributed by atoms with Crippen molar-refractivity contribution in [2.24, 2.45) is 0 Å². The number of halogens is 1. The second-order valence-electron chi connectivity index (χ2n) is 5.46. The molecule has 1 amide bonds. The average Bonchev–Trinajstić information content (AvgIpc) is 2.61. The van der Waals surface area contributed by atoms with Crippen LogP contribution in [0.1, 0.15) is 5.56 Å². The van der Waals surface area contributed by atoms with E-state index in [1.54, 1.807) is 36.7 Å². The number of hydrogen-bond donors (Lipinski definition) is 1. The van der Waals surface area contributed by atoms with E-state index in [0.717, 1.165) is 20.3 Å². The lowest BCUT2D eigenvalue weighted by atomic mass is 10.2. The van der Waals surface area contributed by atoms with Crippen molar-refractivity contribution in [3.05, 3.63) is 75.2 Å². The number of amides is 1. The van der Waals surface area contributed by atoms with Gasteiger partial charge in [0.25, 0.3) is 5.56 Å². The molecule has 0 aliphatic heterocycles. The van der Waals surface area contributed by atoms with Crippen LogP contribution in [0, 0.1) is 6.92 Å². The molecule has 2 aromatic heterocycles. The van der Waals surface area contributed by atoms with Gasteiger partial charge in [-0.15, -0.1) is 0 Å². The van der Waals surface area contributed by atoms with Gasteiger partial charge in [0.2, 0.25) is 5.91 Å². The predicted octanol–water partition coefficient (Wildman–Crippen LogP) is 3.01. The molecule has 6 nitrogen and oxygen atoms in total. The fourth-order valence-corrected chi connectivity index (χ4v) is 2.54.